The molecule has 0 unspecified atom stereocenters. The van der Waals surface area contributed by atoms with Crippen LogP contribution >= 0.6 is 31.9 Å². The molecule has 494 valence electrons. The van der Waals surface area contributed by atoms with Gasteiger partial charge in [0.1, 0.15) is 33.9 Å². The van der Waals surface area contributed by atoms with Crippen molar-refractivity contribution >= 4 is 86.7 Å². The Bertz CT molecular complexity index is 3710. The minimum absolute atomic E-state index is 0.712. The molecule has 0 atom stereocenters. The molecule has 10 rings (SSSR count). The molecule has 8 aromatic rings. The summed E-state index contributed by atoms with van der Waals surface area (Å²) in [5.74, 6) is 1.55. The van der Waals surface area contributed by atoms with Crippen LogP contribution in [-0.4, -0.2) is 47.5 Å². The maximum Gasteiger partial charge on any atom is 0.194 e. The van der Waals surface area contributed by atoms with Crippen LogP contribution in [0.3, 0.4) is 0 Å². The molecule has 94 heavy (non-hydrogen) atoms. The molecule has 0 fully saturated rings. The Morgan fingerprint density at radius 3 is 0.713 bits per heavy atom. The summed E-state index contributed by atoms with van der Waals surface area (Å²) >= 11 is 7.42. The van der Waals surface area contributed by atoms with E-state index < -0.39 is 55.7 Å². The van der Waals surface area contributed by atoms with Gasteiger partial charge >= 0.3 is 0 Å². The average molecular weight is 1450 g/mol. The Hall–Kier alpha value is -5.49. The molecule has 8 aromatic carbocycles. The van der Waals surface area contributed by atoms with E-state index >= 15 is 0 Å². The van der Waals surface area contributed by atoms with Gasteiger partial charge in [-0.3, -0.25) is 0 Å². The lowest BCUT2D eigenvalue weighted by Crippen LogP contribution is -2.48. The Balaban J connectivity index is 1.04. The van der Waals surface area contributed by atoms with Gasteiger partial charge in [-0.2, -0.15) is 0 Å². The molecule has 0 aromatic heterocycles. The normalized spacial score (nSPS) is 20.0. The van der Waals surface area contributed by atoms with E-state index in [1.54, 1.807) is 14.2 Å². The van der Waals surface area contributed by atoms with E-state index in [4.69, 9.17) is 27.2 Å². The Kier molecular flexibility index (Phi) is 22.5. The summed E-state index contributed by atoms with van der Waals surface area (Å²) in [4.78, 5) is 0. The van der Waals surface area contributed by atoms with E-state index in [1.807, 2.05) is 0 Å². The van der Waals surface area contributed by atoms with Gasteiger partial charge in [-0.05, 0) is 236 Å². The first-order valence-electron chi connectivity index (χ1n) is 34.9. The van der Waals surface area contributed by atoms with E-state index in [1.165, 1.54) is 0 Å². The summed E-state index contributed by atoms with van der Waals surface area (Å²) in [7, 11) is -5.05. The highest BCUT2D eigenvalue weighted by atomic mass is 79.9. The predicted octanol–water partition coefficient (Wildman–Crippen LogP) is 25.1. The second kappa shape index (κ2) is 29.7. The van der Waals surface area contributed by atoms with Crippen LogP contribution in [0.1, 0.15) is 105 Å². The van der Waals surface area contributed by atoms with Crippen LogP contribution in [0.15, 0.2) is 215 Å². The van der Waals surface area contributed by atoms with Crippen LogP contribution in [0, 0.1) is 0 Å². The Labute approximate surface area is 584 Å². The molecule has 0 saturated carbocycles. The molecule has 0 aliphatic heterocycles. The number of hydrogen-bond acceptors (Lipinski definition) is 6. The molecule has 0 bridgehead atoms. The Morgan fingerprint density at radius 1 is 0.277 bits per heavy atom. The van der Waals surface area contributed by atoms with Crippen LogP contribution in [0.25, 0.3) is 54.9 Å². The molecular formula is C82H100Br2O6Si4. The van der Waals surface area contributed by atoms with Crippen LogP contribution in [0.5, 0.6) is 11.5 Å². The molecule has 0 amide bonds. The summed E-state index contributed by atoms with van der Waals surface area (Å²) in [6.07, 6.45) is 18.6. The van der Waals surface area contributed by atoms with Crippen LogP contribution < -0.4 is 9.47 Å². The van der Waals surface area contributed by atoms with Crippen molar-refractivity contribution in [2.45, 2.75) is 178 Å². The predicted molar refractivity (Wildman–Crippen MR) is 416 cm³/mol. The fourth-order valence-corrected chi connectivity index (χ4v) is 27.0. The first kappa shape index (κ1) is 71.3. The zero-order valence-electron chi connectivity index (χ0n) is 58.3. The maximum absolute atomic E-state index is 7.72. The molecule has 12 heteroatoms. The first-order chi connectivity index (χ1) is 45.4. The number of rotatable bonds is 29. The topological polar surface area (TPSA) is 55.4 Å². The minimum atomic E-state index is -2.19. The third kappa shape index (κ3) is 13.7. The summed E-state index contributed by atoms with van der Waals surface area (Å²) in [5.41, 5.74) is 7.91. The van der Waals surface area contributed by atoms with Gasteiger partial charge in [-0.15, -0.1) is 0 Å². The number of benzene rings is 8. The molecule has 0 saturated heterocycles. The third-order valence-electron chi connectivity index (χ3n) is 22.2. The van der Waals surface area contributed by atoms with Crippen molar-refractivity contribution < 1.29 is 27.2 Å². The van der Waals surface area contributed by atoms with E-state index in [9.17, 15) is 0 Å². The molecule has 2 aliphatic rings. The van der Waals surface area contributed by atoms with Crippen molar-refractivity contribution in [3.8, 4) is 44.9 Å². The second-order valence-electron chi connectivity index (χ2n) is 26.2. The highest BCUT2D eigenvalue weighted by Gasteiger charge is 2.48. The van der Waals surface area contributed by atoms with Crippen molar-refractivity contribution in [2.75, 3.05) is 14.2 Å². The van der Waals surface area contributed by atoms with Gasteiger partial charge in [-0.25, -0.2) is 0 Å². The lowest BCUT2D eigenvalue weighted by Gasteiger charge is -2.46. The van der Waals surface area contributed by atoms with Gasteiger partial charge in [-0.1, -0.05) is 224 Å². The first-order valence-corrected chi connectivity index (χ1v) is 46.6. The standard InChI is InChI=1S/C82H100Br2O6Si4/c1-15-91(16-2,17-3)87-79(51-55-81(56-52-79,69-41-45-71(83)46-42-69)89-93(21-7,22-8)23-9)67-37-31-61(32-38-67)65-29-27-63-35-49-75(85-13)77(73(63)59-65)78-74-60-66(30-28-64(74)36-50-76(78)86-14)62-33-39-68(40-34-62)80(88-92(18-4,19-5)20-6)53-57-82(58-54-80,70-43-47-72(84)48-44-70)90-94(24-10,25-11)26-12/h27-60H,15-26H2,1-14H3. The summed E-state index contributed by atoms with van der Waals surface area (Å²) in [6.45, 7) is 27.8. The lowest BCUT2D eigenvalue weighted by atomic mass is 9.81. The highest BCUT2D eigenvalue weighted by molar-refractivity contribution is 9.10. The smallest absolute Gasteiger partial charge is 0.194 e. The lowest BCUT2D eigenvalue weighted by molar-refractivity contribution is 0.121. The van der Waals surface area contributed by atoms with Crippen LogP contribution in [0.4, 0.5) is 0 Å². The summed E-state index contributed by atoms with van der Waals surface area (Å²) < 4.78 is 45.5. The summed E-state index contributed by atoms with van der Waals surface area (Å²) in [6, 6.07) is 70.3. The van der Waals surface area contributed by atoms with E-state index in [0.717, 1.165) is 170 Å². The quantitative estimate of drug-likeness (QED) is 0.0344. The molecule has 0 heterocycles. The fourth-order valence-electron chi connectivity index (χ4n) is 14.9. The third-order valence-corrected chi connectivity index (χ3v) is 41.8. The monoisotopic (exact) mass is 1450 g/mol. The van der Waals surface area contributed by atoms with E-state index in [-0.39, 0.29) is 0 Å². The number of hydrogen-bond donors (Lipinski definition) is 0. The number of halogens is 2. The van der Waals surface area contributed by atoms with Crippen molar-refractivity contribution in [1.29, 1.82) is 0 Å². The van der Waals surface area contributed by atoms with Gasteiger partial charge in [0.15, 0.2) is 33.3 Å². The molecular weight excluding hydrogens is 1350 g/mol. The number of fused-ring (bicyclic) bond motifs is 2. The van der Waals surface area contributed by atoms with Crippen LogP contribution in [0.2, 0.25) is 72.5 Å². The van der Waals surface area contributed by atoms with Gasteiger partial charge in [0.2, 0.25) is 0 Å². The van der Waals surface area contributed by atoms with Gasteiger partial charge in [0.05, 0.1) is 14.2 Å². The fraction of sp³-hybridized carbons (Fsp3) is 0.366. The van der Waals surface area contributed by atoms with Crippen molar-refractivity contribution in [1.82, 2.24) is 0 Å². The zero-order valence-corrected chi connectivity index (χ0v) is 65.5. The van der Waals surface area contributed by atoms with E-state index in [0.29, 0.717) is 0 Å². The summed E-state index contributed by atoms with van der Waals surface area (Å²) in [5, 5.41) is 4.36. The molecule has 0 N–H and O–H groups in total. The zero-order chi connectivity index (χ0) is 67.2. The molecule has 0 radical (unpaired) electrons. The number of ether oxygens (including phenoxy) is 2. The molecule has 2 aliphatic carbocycles. The minimum Gasteiger partial charge on any atom is -0.496 e. The average Bonchev–Trinajstić information content (AvgIpc) is 0.756. The largest absolute Gasteiger partial charge is 0.496 e. The SMILES string of the molecule is CC[Si](CC)(CC)OC1(c2ccc(Br)cc2)C=CC(O[Si](CC)(CC)CC)(c2ccc(-c3ccc4ccc(OC)c(-c5c(OC)ccc6ccc(-c7ccc(C8(O[Si](CC)(CC)CC)C=CC(O[Si](CC)(CC)CC)(c9ccc(Br)cc9)C=C8)cc7)cc56)c4c3)cc2)C=C1. The van der Waals surface area contributed by atoms with Crippen molar-refractivity contribution in [2.24, 2.45) is 0 Å². The van der Waals surface area contributed by atoms with Crippen molar-refractivity contribution in [3.05, 3.63) is 238 Å². The Morgan fingerprint density at radius 2 is 0.489 bits per heavy atom. The van der Waals surface area contributed by atoms with Gasteiger partial charge in [0.25, 0.3) is 0 Å². The second-order valence-corrected chi connectivity index (χ2v) is 46.8. The van der Waals surface area contributed by atoms with E-state index in [2.05, 4.69) is 321 Å². The van der Waals surface area contributed by atoms with Gasteiger partial charge < -0.3 is 27.2 Å². The van der Waals surface area contributed by atoms with Gasteiger partial charge in [0, 0.05) is 20.1 Å². The van der Waals surface area contributed by atoms with Crippen LogP contribution in [-0.2, 0) is 40.1 Å². The van der Waals surface area contributed by atoms with Crippen molar-refractivity contribution in [3.63, 3.8) is 0 Å². The molecule has 0 spiro atoms. The number of methoxy groups -OCH3 is 2. The molecule has 6 nitrogen and oxygen atoms in total. The maximum atomic E-state index is 7.72. The highest BCUT2D eigenvalue weighted by Crippen LogP contribution is 2.51.